The number of hydrogen-bond donors (Lipinski definition) is 0. The maximum Gasteiger partial charge on any atom is 0.330 e. The average molecular weight is 333 g/mol. The fourth-order valence-electron chi connectivity index (χ4n) is 2.55. The van der Waals surface area contributed by atoms with Crippen molar-refractivity contribution in [2.24, 2.45) is 0 Å². The van der Waals surface area contributed by atoms with Crippen LogP contribution in [0.3, 0.4) is 0 Å². The van der Waals surface area contributed by atoms with Gasteiger partial charge in [-0.3, -0.25) is 9.13 Å². The highest BCUT2D eigenvalue weighted by atomic mass is 35.5. The van der Waals surface area contributed by atoms with Gasteiger partial charge in [0.05, 0.1) is 25.8 Å². The molecule has 2 aromatic heterocycles. The first-order valence-corrected chi connectivity index (χ1v) is 7.29. The molecule has 1 fully saturated rings. The van der Waals surface area contributed by atoms with Crippen molar-refractivity contribution in [3.8, 4) is 0 Å². The minimum absolute atomic E-state index is 0.0176. The molecule has 1 aliphatic heterocycles. The molecule has 7 nitrogen and oxygen atoms in total. The van der Waals surface area contributed by atoms with Crippen molar-refractivity contribution in [1.29, 1.82) is 0 Å². The molecule has 1 atom stereocenters. The topological polar surface area (TPSA) is 71.2 Å². The van der Waals surface area contributed by atoms with Crippen LogP contribution in [0.5, 0.6) is 0 Å². The number of imidazole rings is 1. The van der Waals surface area contributed by atoms with Crippen LogP contribution in [0.15, 0.2) is 4.79 Å². The Morgan fingerprint density at radius 1 is 1.43 bits per heavy atom. The van der Waals surface area contributed by atoms with Crippen LogP contribution in [-0.2, 0) is 16.0 Å². The van der Waals surface area contributed by atoms with Gasteiger partial charge in [0.25, 0.3) is 0 Å². The zero-order valence-corrected chi connectivity index (χ0v) is 12.9. The molecule has 0 aromatic carbocycles. The normalized spacial score (nSPS) is 18.7. The van der Waals surface area contributed by atoms with Crippen LogP contribution in [0.2, 0.25) is 10.4 Å². The first kappa shape index (κ1) is 14.8. The summed E-state index contributed by atoms with van der Waals surface area (Å²) in [7, 11) is 1.57. The molecule has 0 radical (unpaired) electrons. The molecule has 0 bridgehead atoms. The summed E-state index contributed by atoms with van der Waals surface area (Å²) in [4.78, 5) is 20.8. The van der Waals surface area contributed by atoms with E-state index in [1.807, 2.05) is 0 Å². The summed E-state index contributed by atoms with van der Waals surface area (Å²) in [5.41, 5.74) is 0.725. The van der Waals surface area contributed by atoms with Crippen molar-refractivity contribution in [3.05, 3.63) is 20.9 Å². The summed E-state index contributed by atoms with van der Waals surface area (Å²) in [6.07, 6.45) is 0.753. The van der Waals surface area contributed by atoms with Crippen LogP contribution in [0.25, 0.3) is 11.2 Å². The number of aromatic nitrogens is 4. The Hall–Kier alpha value is -1.15. The third-order valence-electron chi connectivity index (χ3n) is 3.52. The van der Waals surface area contributed by atoms with E-state index in [2.05, 4.69) is 9.97 Å². The third-order valence-corrected chi connectivity index (χ3v) is 3.95. The summed E-state index contributed by atoms with van der Waals surface area (Å²) >= 11 is 12.0. The van der Waals surface area contributed by atoms with E-state index in [-0.39, 0.29) is 22.2 Å². The van der Waals surface area contributed by atoms with Crippen LogP contribution in [0.4, 0.5) is 0 Å². The lowest BCUT2D eigenvalue weighted by Gasteiger charge is -2.08. The van der Waals surface area contributed by atoms with Crippen LogP contribution < -0.4 is 5.69 Å². The molecular weight excluding hydrogens is 319 g/mol. The molecule has 0 aliphatic carbocycles. The molecule has 0 N–H and O–H groups in total. The Morgan fingerprint density at radius 3 is 2.90 bits per heavy atom. The standard InChI is InChI=1S/C12H14Cl2N4O3/c1-20-5-3-17-8-9(13)15-11(14)16-10(8)18(12(17)19)7-2-4-21-6-7/h7H,2-6H2,1H3/t7-/m1/s1. The summed E-state index contributed by atoms with van der Waals surface area (Å²) in [5, 5.41) is 0.180. The van der Waals surface area contributed by atoms with Crippen molar-refractivity contribution in [1.82, 2.24) is 19.1 Å². The third kappa shape index (κ3) is 2.55. The van der Waals surface area contributed by atoms with Crippen molar-refractivity contribution in [2.45, 2.75) is 19.0 Å². The zero-order chi connectivity index (χ0) is 15.0. The second-order valence-corrected chi connectivity index (χ2v) is 5.47. The number of rotatable bonds is 4. The second kappa shape index (κ2) is 5.92. The molecule has 3 heterocycles. The van der Waals surface area contributed by atoms with E-state index in [0.717, 1.165) is 6.42 Å². The SMILES string of the molecule is COCCn1c(=O)n([C@@H]2CCOC2)c2nc(Cl)nc(Cl)c21. The smallest absolute Gasteiger partial charge is 0.330 e. The summed E-state index contributed by atoms with van der Waals surface area (Å²) < 4.78 is 13.5. The minimum atomic E-state index is -0.198. The average Bonchev–Trinajstić information content (AvgIpc) is 3.02. The highest BCUT2D eigenvalue weighted by Gasteiger charge is 2.26. The lowest BCUT2D eigenvalue weighted by atomic mass is 10.2. The molecule has 0 spiro atoms. The monoisotopic (exact) mass is 332 g/mol. The predicted octanol–water partition coefficient (Wildman–Crippen LogP) is 1.51. The van der Waals surface area contributed by atoms with E-state index >= 15 is 0 Å². The molecule has 2 aromatic rings. The number of halogens is 2. The van der Waals surface area contributed by atoms with E-state index in [0.29, 0.717) is 37.5 Å². The fraction of sp³-hybridized carbons (Fsp3) is 0.583. The van der Waals surface area contributed by atoms with Crippen molar-refractivity contribution < 1.29 is 9.47 Å². The van der Waals surface area contributed by atoms with Gasteiger partial charge in [0.2, 0.25) is 5.28 Å². The van der Waals surface area contributed by atoms with Gasteiger partial charge in [-0.05, 0) is 18.0 Å². The lowest BCUT2D eigenvalue weighted by Crippen LogP contribution is -2.28. The van der Waals surface area contributed by atoms with Crippen molar-refractivity contribution in [3.63, 3.8) is 0 Å². The van der Waals surface area contributed by atoms with E-state index in [9.17, 15) is 4.79 Å². The molecule has 3 rings (SSSR count). The maximum atomic E-state index is 12.7. The molecule has 1 aliphatic rings. The number of nitrogens with zero attached hydrogens (tertiary/aromatic N) is 4. The van der Waals surface area contributed by atoms with E-state index in [1.165, 1.54) is 4.57 Å². The van der Waals surface area contributed by atoms with E-state index in [1.54, 1.807) is 11.7 Å². The predicted molar refractivity (Wildman–Crippen MR) is 78.2 cm³/mol. The van der Waals surface area contributed by atoms with Crippen LogP contribution in [-0.4, -0.2) is 46.0 Å². The van der Waals surface area contributed by atoms with Gasteiger partial charge >= 0.3 is 5.69 Å². The Balaban J connectivity index is 2.25. The number of ether oxygens (including phenoxy) is 2. The van der Waals surface area contributed by atoms with Gasteiger partial charge in [-0.1, -0.05) is 11.6 Å². The summed E-state index contributed by atoms with van der Waals surface area (Å²) in [6.45, 7) is 1.85. The lowest BCUT2D eigenvalue weighted by molar-refractivity contribution is 0.183. The Morgan fingerprint density at radius 2 is 2.24 bits per heavy atom. The molecule has 21 heavy (non-hydrogen) atoms. The largest absolute Gasteiger partial charge is 0.383 e. The van der Waals surface area contributed by atoms with Crippen molar-refractivity contribution >= 4 is 34.4 Å². The highest BCUT2D eigenvalue weighted by Crippen LogP contribution is 2.26. The van der Waals surface area contributed by atoms with Gasteiger partial charge in [-0.2, -0.15) is 4.98 Å². The van der Waals surface area contributed by atoms with Gasteiger partial charge in [0.1, 0.15) is 5.52 Å². The highest BCUT2D eigenvalue weighted by molar-refractivity contribution is 6.35. The molecule has 9 heteroatoms. The molecule has 0 unspecified atom stereocenters. The van der Waals surface area contributed by atoms with Gasteiger partial charge in [0.15, 0.2) is 10.8 Å². The van der Waals surface area contributed by atoms with Crippen molar-refractivity contribution in [2.75, 3.05) is 26.9 Å². The Labute approximate surface area is 130 Å². The molecule has 0 amide bonds. The fourth-order valence-corrected chi connectivity index (χ4v) is 3.03. The Kier molecular flexibility index (Phi) is 4.17. The van der Waals surface area contributed by atoms with Crippen LogP contribution >= 0.6 is 23.2 Å². The van der Waals surface area contributed by atoms with Gasteiger partial charge in [0, 0.05) is 13.7 Å². The number of hydrogen-bond acceptors (Lipinski definition) is 5. The number of fused-ring (bicyclic) bond motifs is 1. The quantitative estimate of drug-likeness (QED) is 0.626. The van der Waals surface area contributed by atoms with E-state index in [4.69, 9.17) is 32.7 Å². The molecule has 0 saturated carbocycles. The molecule has 114 valence electrons. The van der Waals surface area contributed by atoms with Gasteiger partial charge in [-0.25, -0.2) is 9.78 Å². The van der Waals surface area contributed by atoms with Crippen LogP contribution in [0.1, 0.15) is 12.5 Å². The van der Waals surface area contributed by atoms with Gasteiger partial charge < -0.3 is 9.47 Å². The van der Waals surface area contributed by atoms with E-state index < -0.39 is 0 Å². The Bertz CT molecular complexity index is 721. The minimum Gasteiger partial charge on any atom is -0.383 e. The van der Waals surface area contributed by atoms with Crippen LogP contribution in [0, 0.1) is 0 Å². The summed E-state index contributed by atoms with van der Waals surface area (Å²) in [5.74, 6) is 0. The first-order valence-electron chi connectivity index (χ1n) is 6.54. The number of methoxy groups -OCH3 is 1. The van der Waals surface area contributed by atoms with Gasteiger partial charge in [-0.15, -0.1) is 0 Å². The molecular formula is C12H14Cl2N4O3. The zero-order valence-electron chi connectivity index (χ0n) is 11.4. The molecule has 1 saturated heterocycles. The summed E-state index contributed by atoms with van der Waals surface area (Å²) in [6, 6.07) is -0.0640. The second-order valence-electron chi connectivity index (χ2n) is 4.77. The first-order chi connectivity index (χ1) is 10.1. The maximum absolute atomic E-state index is 12.7.